The topological polar surface area (TPSA) is 92.7 Å². The monoisotopic (exact) mass is 343 g/mol. The summed E-state index contributed by atoms with van der Waals surface area (Å²) in [5, 5.41) is 8.15. The number of nitrogens with one attached hydrogen (secondary N) is 1. The molecule has 0 saturated carbocycles. The SMILES string of the molecule is COC(=O)c1ccc(Cl)c(S(=O)(=O)NCC(F)(F)CO)c1. The summed E-state index contributed by atoms with van der Waals surface area (Å²) >= 11 is 5.70. The number of methoxy groups -OCH3 is 1. The fourth-order valence-electron chi connectivity index (χ4n) is 1.29. The first-order valence-electron chi connectivity index (χ1n) is 5.49. The number of esters is 1. The second kappa shape index (κ2) is 6.65. The van der Waals surface area contributed by atoms with Crippen LogP contribution < -0.4 is 4.72 Å². The molecule has 0 aliphatic carbocycles. The zero-order chi connectivity index (χ0) is 16.3. The standard InChI is InChI=1S/C11H12ClF2NO5S/c1-20-10(17)7-2-3-8(12)9(4-7)21(18,19)15-5-11(13,14)6-16/h2-4,15-16H,5-6H2,1H3. The van der Waals surface area contributed by atoms with E-state index >= 15 is 0 Å². The Balaban J connectivity index is 3.10. The molecule has 2 N–H and O–H groups in total. The number of sulfonamides is 1. The molecule has 0 aliphatic heterocycles. The molecule has 0 radical (unpaired) electrons. The van der Waals surface area contributed by atoms with Crippen LogP contribution in [-0.2, 0) is 14.8 Å². The molecule has 0 atom stereocenters. The molecule has 0 aliphatic rings. The van der Waals surface area contributed by atoms with Gasteiger partial charge in [-0.1, -0.05) is 11.6 Å². The highest BCUT2D eigenvalue weighted by atomic mass is 35.5. The maximum absolute atomic E-state index is 12.9. The molecule has 0 bridgehead atoms. The number of aliphatic hydroxyl groups is 1. The molecule has 118 valence electrons. The minimum atomic E-state index is -4.38. The van der Waals surface area contributed by atoms with Gasteiger partial charge in [-0.15, -0.1) is 0 Å². The Labute approximate surface area is 124 Å². The number of benzene rings is 1. The number of halogens is 3. The number of rotatable bonds is 6. The van der Waals surface area contributed by atoms with Gasteiger partial charge in [-0.3, -0.25) is 0 Å². The Bertz CT molecular complexity index is 636. The summed E-state index contributed by atoms with van der Waals surface area (Å²) in [6.45, 7) is -2.81. The predicted octanol–water partition coefficient (Wildman–Crippen LogP) is 1.03. The van der Waals surface area contributed by atoms with Crippen molar-refractivity contribution in [1.82, 2.24) is 4.72 Å². The molecule has 0 aromatic heterocycles. The average Bonchev–Trinajstić information content (AvgIpc) is 2.45. The third-order valence-electron chi connectivity index (χ3n) is 2.39. The molecule has 0 fully saturated rings. The molecule has 0 amide bonds. The van der Waals surface area contributed by atoms with Crippen LogP contribution in [0.4, 0.5) is 8.78 Å². The van der Waals surface area contributed by atoms with Crippen molar-refractivity contribution in [3.63, 3.8) is 0 Å². The van der Waals surface area contributed by atoms with Crippen molar-refractivity contribution >= 4 is 27.6 Å². The Morgan fingerprint density at radius 1 is 1.48 bits per heavy atom. The Kier molecular flexibility index (Phi) is 5.62. The van der Waals surface area contributed by atoms with E-state index in [1.807, 2.05) is 0 Å². The van der Waals surface area contributed by atoms with Crippen LogP contribution in [0.5, 0.6) is 0 Å². The molecule has 0 unspecified atom stereocenters. The van der Waals surface area contributed by atoms with Crippen LogP contribution in [0, 0.1) is 0 Å². The third-order valence-corrected chi connectivity index (χ3v) is 4.28. The minimum absolute atomic E-state index is 0.101. The van der Waals surface area contributed by atoms with Crippen molar-refractivity contribution in [3.05, 3.63) is 28.8 Å². The molecule has 21 heavy (non-hydrogen) atoms. The quantitative estimate of drug-likeness (QED) is 0.753. The summed E-state index contributed by atoms with van der Waals surface area (Å²) in [7, 11) is -3.28. The number of carbonyl (C=O) groups is 1. The highest BCUT2D eigenvalue weighted by Gasteiger charge is 2.31. The van der Waals surface area contributed by atoms with Crippen LogP contribution in [0.15, 0.2) is 23.1 Å². The van der Waals surface area contributed by atoms with E-state index in [1.54, 1.807) is 4.72 Å². The summed E-state index contributed by atoms with van der Waals surface area (Å²) in [5.74, 6) is -4.41. The Hall–Kier alpha value is -1.29. The second-order valence-corrected chi connectivity index (χ2v) is 6.12. The molecule has 0 heterocycles. The van der Waals surface area contributed by atoms with Gasteiger partial charge in [0.05, 0.1) is 24.2 Å². The first-order chi connectivity index (χ1) is 9.63. The van der Waals surface area contributed by atoms with Crippen LogP contribution in [-0.4, -0.2) is 45.7 Å². The zero-order valence-corrected chi connectivity index (χ0v) is 12.3. The van der Waals surface area contributed by atoms with Gasteiger partial charge >= 0.3 is 5.97 Å². The zero-order valence-electron chi connectivity index (χ0n) is 10.8. The van der Waals surface area contributed by atoms with E-state index in [4.69, 9.17) is 16.7 Å². The number of aliphatic hydroxyl groups excluding tert-OH is 1. The fraction of sp³-hybridized carbons (Fsp3) is 0.364. The van der Waals surface area contributed by atoms with Crippen LogP contribution in [0.25, 0.3) is 0 Å². The van der Waals surface area contributed by atoms with Gasteiger partial charge in [0, 0.05) is 0 Å². The van der Waals surface area contributed by atoms with Gasteiger partial charge in [0.1, 0.15) is 11.5 Å². The van der Waals surface area contributed by atoms with Crippen molar-refractivity contribution in [1.29, 1.82) is 0 Å². The molecule has 0 spiro atoms. The normalized spacial score (nSPS) is 12.2. The Morgan fingerprint density at radius 2 is 2.10 bits per heavy atom. The number of carbonyl (C=O) groups excluding carboxylic acids is 1. The smallest absolute Gasteiger partial charge is 0.337 e. The number of hydrogen-bond donors (Lipinski definition) is 2. The molecule has 1 rings (SSSR count). The molecular weight excluding hydrogens is 332 g/mol. The molecular formula is C11H12ClF2NO5S. The molecule has 1 aromatic rings. The average molecular weight is 344 g/mol. The fourth-order valence-corrected chi connectivity index (χ4v) is 2.87. The van der Waals surface area contributed by atoms with Gasteiger partial charge in [-0.05, 0) is 18.2 Å². The summed E-state index contributed by atoms with van der Waals surface area (Å²) in [4.78, 5) is 10.8. The van der Waals surface area contributed by atoms with Crippen molar-refractivity contribution in [3.8, 4) is 0 Å². The second-order valence-electron chi connectivity index (χ2n) is 3.98. The molecule has 10 heteroatoms. The number of hydrogen-bond acceptors (Lipinski definition) is 5. The lowest BCUT2D eigenvalue weighted by Gasteiger charge is -2.15. The molecule has 6 nitrogen and oxygen atoms in total. The first kappa shape index (κ1) is 17.8. The lowest BCUT2D eigenvalue weighted by atomic mass is 10.2. The maximum atomic E-state index is 12.9. The van der Waals surface area contributed by atoms with Gasteiger partial charge < -0.3 is 9.84 Å². The van der Waals surface area contributed by atoms with E-state index in [0.29, 0.717) is 0 Å². The maximum Gasteiger partial charge on any atom is 0.337 e. The van der Waals surface area contributed by atoms with Crippen molar-refractivity contribution in [2.75, 3.05) is 20.3 Å². The van der Waals surface area contributed by atoms with Crippen molar-refractivity contribution in [2.45, 2.75) is 10.8 Å². The van der Waals surface area contributed by atoms with Gasteiger partial charge in [-0.2, -0.15) is 0 Å². The summed E-state index contributed by atoms with van der Waals surface area (Å²) in [6.07, 6.45) is 0. The van der Waals surface area contributed by atoms with E-state index in [1.165, 1.54) is 6.07 Å². The van der Waals surface area contributed by atoms with Crippen molar-refractivity contribution in [2.24, 2.45) is 0 Å². The minimum Gasteiger partial charge on any atom is -0.465 e. The van der Waals surface area contributed by atoms with Crippen molar-refractivity contribution < 1.29 is 31.8 Å². The number of alkyl halides is 2. The van der Waals surface area contributed by atoms with Gasteiger partial charge in [0.25, 0.3) is 5.92 Å². The summed E-state index contributed by atoms with van der Waals surface area (Å²) in [5.41, 5.74) is -0.101. The van der Waals surface area contributed by atoms with Crippen LogP contribution in [0.3, 0.4) is 0 Å². The predicted molar refractivity (Wildman–Crippen MR) is 70.0 cm³/mol. The van der Waals surface area contributed by atoms with Gasteiger partial charge in [-0.25, -0.2) is 26.7 Å². The lowest BCUT2D eigenvalue weighted by Crippen LogP contribution is -2.39. The van der Waals surface area contributed by atoms with Gasteiger partial charge in [0.15, 0.2) is 0 Å². The highest BCUT2D eigenvalue weighted by Crippen LogP contribution is 2.23. The van der Waals surface area contributed by atoms with E-state index in [-0.39, 0.29) is 10.6 Å². The largest absolute Gasteiger partial charge is 0.465 e. The van der Waals surface area contributed by atoms with Crippen LogP contribution >= 0.6 is 11.6 Å². The van der Waals surface area contributed by atoms with Crippen LogP contribution in [0.1, 0.15) is 10.4 Å². The van der Waals surface area contributed by atoms with E-state index < -0.39 is 40.0 Å². The van der Waals surface area contributed by atoms with E-state index in [2.05, 4.69) is 4.74 Å². The molecule has 0 saturated heterocycles. The summed E-state index contributed by atoms with van der Waals surface area (Å²) < 4.78 is 55.6. The summed E-state index contributed by atoms with van der Waals surface area (Å²) in [6, 6.07) is 3.27. The third kappa shape index (κ3) is 4.60. The molecule has 1 aromatic carbocycles. The van der Waals surface area contributed by atoms with Gasteiger partial charge in [0.2, 0.25) is 10.0 Å². The van der Waals surface area contributed by atoms with E-state index in [0.717, 1.165) is 19.2 Å². The number of ether oxygens (including phenoxy) is 1. The Morgan fingerprint density at radius 3 is 2.62 bits per heavy atom. The van der Waals surface area contributed by atoms with E-state index in [9.17, 15) is 22.0 Å². The lowest BCUT2D eigenvalue weighted by molar-refractivity contribution is -0.0437. The highest BCUT2D eigenvalue weighted by molar-refractivity contribution is 7.89. The first-order valence-corrected chi connectivity index (χ1v) is 7.35. The van der Waals surface area contributed by atoms with Crippen LogP contribution in [0.2, 0.25) is 5.02 Å².